The molecule has 6 aromatic rings. The highest BCUT2D eigenvalue weighted by atomic mass is 31.3. The Balaban J connectivity index is 0.850. The van der Waals surface area contributed by atoms with Crippen molar-refractivity contribution in [1.82, 2.24) is 53.6 Å². The summed E-state index contributed by atoms with van der Waals surface area (Å²) >= 11 is 0. The van der Waals surface area contributed by atoms with E-state index in [2.05, 4.69) is 53.0 Å². The Bertz CT molecular complexity index is 3450. The number of hydrogen-bond donors (Lipinski definition) is 12. The number of aliphatic hydroxyl groups is 4. The number of aliphatic hydroxyl groups excluding tert-OH is 4. The van der Waals surface area contributed by atoms with E-state index in [4.69, 9.17) is 39.2 Å². The van der Waals surface area contributed by atoms with Gasteiger partial charge in [-0.3, -0.25) is 41.8 Å². The number of halogens is 1. The van der Waals surface area contributed by atoms with Gasteiger partial charge in [0.2, 0.25) is 18.5 Å². The molecule has 0 spiro atoms. The number of nitrogen functional groups attached to an aromatic ring is 2. The third kappa shape index (κ3) is 10.6. The van der Waals surface area contributed by atoms with Crippen LogP contribution in [0.15, 0.2) is 34.9 Å². The third-order valence-corrected chi connectivity index (χ3v) is 16.6. The van der Waals surface area contributed by atoms with Crippen molar-refractivity contribution in [3.63, 3.8) is 0 Å². The van der Waals surface area contributed by atoms with Gasteiger partial charge in [0.1, 0.15) is 66.5 Å². The fourth-order valence-corrected chi connectivity index (χ4v) is 12.6. The van der Waals surface area contributed by atoms with Gasteiger partial charge < -0.3 is 70.7 Å². The summed E-state index contributed by atoms with van der Waals surface area (Å²) in [5.74, 6) is -0.327. The molecule has 74 heavy (non-hydrogen) atoms. The number of fused-ring (bicyclic) bond motifs is 3. The van der Waals surface area contributed by atoms with E-state index in [1.165, 1.54) is 24.9 Å². The maximum absolute atomic E-state index is 16.5. The fourth-order valence-electron chi connectivity index (χ4n) is 8.11. The molecule has 42 heteroatoms. The van der Waals surface area contributed by atoms with Crippen LogP contribution in [0.25, 0.3) is 33.5 Å². The van der Waals surface area contributed by atoms with Crippen LogP contribution in [0.4, 0.5) is 16.2 Å². The number of H-pyrrole nitrogens is 2. The molecule has 404 valence electrons. The number of phosphoric ester groups is 3. The number of phosphoric acid groups is 4. The van der Waals surface area contributed by atoms with Crippen LogP contribution in [-0.4, -0.2) is 168 Å². The van der Waals surface area contributed by atoms with Crippen molar-refractivity contribution in [3.8, 4) is 0 Å². The predicted octanol–water partition coefficient (Wildman–Crippen LogP) is -3.66. The van der Waals surface area contributed by atoms with Crippen molar-refractivity contribution in [2.24, 2.45) is 7.05 Å². The lowest BCUT2D eigenvalue weighted by Gasteiger charge is -2.24. The molecule has 0 bridgehead atoms. The first-order valence-corrected chi connectivity index (χ1v) is 26.9. The number of rotatable bonds is 18. The Kier molecular flexibility index (Phi) is 14.5. The summed E-state index contributed by atoms with van der Waals surface area (Å²) < 4.78 is 118. The molecule has 0 aromatic carbocycles. The van der Waals surface area contributed by atoms with Crippen molar-refractivity contribution < 1.29 is 108 Å². The van der Waals surface area contributed by atoms with Crippen molar-refractivity contribution >= 4 is 76.5 Å². The van der Waals surface area contributed by atoms with Crippen LogP contribution in [0.3, 0.4) is 0 Å². The highest BCUT2D eigenvalue weighted by Gasteiger charge is 2.54. The summed E-state index contributed by atoms with van der Waals surface area (Å²) in [6.07, 6.45) is -18.3. The Morgan fingerprint density at radius 2 is 1.22 bits per heavy atom. The number of nitrogens with one attached hydrogen (secondary N) is 2. The summed E-state index contributed by atoms with van der Waals surface area (Å²) in [6.45, 7) is -2.18. The van der Waals surface area contributed by atoms with Crippen LogP contribution in [0.1, 0.15) is 24.5 Å². The number of imidazole rings is 3. The molecule has 3 saturated heterocycles. The first-order valence-electron chi connectivity index (χ1n) is 20.9. The summed E-state index contributed by atoms with van der Waals surface area (Å²) in [5, 5.41) is 43.0. The van der Waals surface area contributed by atoms with Crippen LogP contribution < -0.4 is 27.2 Å². The largest absolute Gasteiger partial charge is 0.490 e. The molecule has 0 radical (unpaired) electrons. The van der Waals surface area contributed by atoms with E-state index in [9.17, 15) is 67.8 Å². The fraction of sp³-hybridized carbons (Fsp3) is 0.531. The average Bonchev–Trinajstić information content (AvgIpc) is 4.15. The zero-order valence-corrected chi connectivity index (χ0v) is 40.9. The standard InChI is InChI=1S/C32H41FN14O23P4/c1-10-40-25-16(27(52)41-10)39-8-46(25)30-20(50)18(48)11(65-30)3-62-71(54,55)68-22-13(67-29(14(22)33)45-7-38-15-23(34)36-6-37-24(15)45)5-64-73(58,59)70-74(60,61)69-72(56,57)63-4-12-19(49)21(51)31(66-12)47-9-44(2)17-26(47)42-32(35)43-28(17)53/h6-9,11-14,18-22,29-31,48-51H,3-5H2,1-2H3,(H9-,34,35,36,37,40,41,42,43,52,53,54,55,56,57,58,59,60,61)/p+1/t11-,12-,13-,14+,18?,19+,20+,21?,22?,29-,30-,31-/m1/s1. The molecule has 14 N–H and O–H groups in total. The molecule has 0 amide bonds. The van der Waals surface area contributed by atoms with Gasteiger partial charge in [-0.2, -0.15) is 18.2 Å². The lowest BCUT2D eigenvalue weighted by atomic mass is 10.1. The Morgan fingerprint density at radius 3 is 1.84 bits per heavy atom. The molecule has 3 aliphatic heterocycles. The molecule has 9 heterocycles. The van der Waals surface area contributed by atoms with E-state index in [0.29, 0.717) is 0 Å². The van der Waals surface area contributed by atoms with E-state index in [1.54, 1.807) is 0 Å². The van der Waals surface area contributed by atoms with Crippen molar-refractivity contribution in [1.29, 1.82) is 0 Å². The van der Waals surface area contributed by atoms with Gasteiger partial charge in [-0.05, 0) is 6.92 Å². The van der Waals surface area contributed by atoms with Crippen LogP contribution in [-0.2, 0) is 66.2 Å². The molecular weight excluding hydrogens is 1090 g/mol. The first-order chi connectivity index (χ1) is 34.6. The van der Waals surface area contributed by atoms with E-state index in [1.807, 2.05) is 0 Å². The van der Waals surface area contributed by atoms with E-state index < -0.39 is 136 Å². The van der Waals surface area contributed by atoms with Crippen molar-refractivity contribution in [2.75, 3.05) is 31.3 Å². The highest BCUT2D eigenvalue weighted by Crippen LogP contribution is 2.68. The number of hydrogen-bond acceptors (Lipinski definition) is 27. The van der Waals surface area contributed by atoms with E-state index in [-0.39, 0.29) is 51.1 Å². The van der Waals surface area contributed by atoms with Crippen LogP contribution in [0.2, 0.25) is 0 Å². The minimum absolute atomic E-state index is 0.0334. The topological polar surface area (TPSA) is 527 Å². The maximum atomic E-state index is 16.5. The van der Waals surface area contributed by atoms with Gasteiger partial charge in [-0.25, -0.2) is 52.1 Å². The van der Waals surface area contributed by atoms with E-state index >= 15 is 4.39 Å². The summed E-state index contributed by atoms with van der Waals surface area (Å²) in [7, 11) is -22.3. The van der Waals surface area contributed by atoms with Crippen molar-refractivity contribution in [2.45, 2.75) is 80.6 Å². The average molecular weight is 1130 g/mol. The monoisotopic (exact) mass is 1130 g/mol. The second kappa shape index (κ2) is 19.9. The molecule has 0 saturated carbocycles. The quantitative estimate of drug-likeness (QED) is 0.0291. The second-order valence-corrected chi connectivity index (χ2v) is 22.5. The Morgan fingerprint density at radius 1 is 0.676 bits per heavy atom. The molecule has 6 aromatic heterocycles. The molecule has 7 unspecified atom stereocenters. The normalized spacial score (nSPS) is 30.7. The second-order valence-electron chi connectivity index (χ2n) is 16.4. The van der Waals surface area contributed by atoms with Crippen molar-refractivity contribution in [3.05, 3.63) is 51.8 Å². The smallest absolute Gasteiger partial charge is 0.387 e. The molecular formula is C32H42FN14O23P4+. The van der Waals surface area contributed by atoms with E-state index in [0.717, 1.165) is 32.7 Å². The number of nitrogens with zero attached hydrogens (tertiary/aromatic N) is 10. The minimum Gasteiger partial charge on any atom is -0.387 e. The number of aromatic amines is 2. The molecule has 16 atom stereocenters. The number of nitrogens with two attached hydrogens (primary N) is 2. The number of aromatic nitrogens is 12. The summed E-state index contributed by atoms with van der Waals surface area (Å²) in [5.41, 5.74) is 9.61. The lowest BCUT2D eigenvalue weighted by Crippen LogP contribution is -2.35. The molecule has 3 fully saturated rings. The summed E-state index contributed by atoms with van der Waals surface area (Å²) in [6, 6.07) is 0. The van der Waals surface area contributed by atoms with Crippen LogP contribution >= 0.6 is 31.3 Å². The molecule has 3 aliphatic rings. The first kappa shape index (κ1) is 53.8. The maximum Gasteiger partial charge on any atom is 0.490 e. The number of aryl methyl sites for hydroxylation is 2. The Labute approximate surface area is 408 Å². The van der Waals surface area contributed by atoms with Gasteiger partial charge in [-0.1, -0.05) is 0 Å². The molecule has 9 rings (SSSR count). The number of anilines is 2. The zero-order valence-electron chi connectivity index (χ0n) is 37.4. The minimum atomic E-state index is -6.24. The highest BCUT2D eigenvalue weighted by molar-refractivity contribution is 7.66. The third-order valence-electron chi connectivity index (χ3n) is 11.4. The van der Waals surface area contributed by atoms with Gasteiger partial charge in [0.05, 0.1) is 39.5 Å². The lowest BCUT2D eigenvalue weighted by molar-refractivity contribution is -0.646. The van der Waals surface area contributed by atoms with Crippen LogP contribution in [0, 0.1) is 6.92 Å². The predicted molar refractivity (Wildman–Crippen MR) is 233 cm³/mol. The SMILES string of the molecule is Cc1nc2c(ncn2[C@@H]2O[C@H](COP(=O)(O)OC3[C@@H](COP(=O)(O)OP(=O)(O)OP(=O)(O)OC[C@H]4O[C@@H](n5c[n+](C)c6c(=O)[nH]c(N)nc65)C(O)[C@H]4O)O[C@@H](n4cnc5c(N)ncnc54)[C@H]3F)C(O)[C@@H]2O)c(=O)[nH]1. The zero-order chi connectivity index (χ0) is 53.6. The molecule has 0 aliphatic carbocycles. The van der Waals surface area contributed by atoms with Gasteiger partial charge in [-0.15, -0.1) is 0 Å². The summed E-state index contributed by atoms with van der Waals surface area (Å²) in [4.78, 5) is 95.2. The van der Waals surface area contributed by atoms with Gasteiger partial charge in [0, 0.05) is 0 Å². The van der Waals surface area contributed by atoms with Gasteiger partial charge in [0.25, 0.3) is 16.7 Å². The number of alkyl halides is 1. The number of ether oxygens (including phenoxy) is 3. The van der Waals surface area contributed by atoms with Crippen LogP contribution in [0.5, 0.6) is 0 Å². The molecule has 37 nitrogen and oxygen atoms in total. The van der Waals surface area contributed by atoms with Gasteiger partial charge >= 0.3 is 36.9 Å². The van der Waals surface area contributed by atoms with Gasteiger partial charge in [0.15, 0.2) is 41.3 Å². The Hall–Kier alpha value is -4.98.